The molecule has 1 N–H and O–H groups in total. The standard InChI is InChI=1S/C21H20ClNO4/c1-13-6-18-16(11-26-19(18)7-14(13)2)9-21(25)27-12-20(24)23-10-15-4-3-5-17(22)8-15/h3-8,11H,9-10,12H2,1-2H3,(H,23,24). The van der Waals surface area contributed by atoms with Gasteiger partial charge in [-0.3, -0.25) is 9.59 Å². The Morgan fingerprint density at radius 1 is 1.15 bits per heavy atom. The minimum Gasteiger partial charge on any atom is -0.464 e. The maximum atomic E-state index is 12.1. The van der Waals surface area contributed by atoms with Crippen LogP contribution in [0.1, 0.15) is 22.3 Å². The van der Waals surface area contributed by atoms with E-state index in [2.05, 4.69) is 5.32 Å². The van der Waals surface area contributed by atoms with E-state index < -0.39 is 5.97 Å². The Hall–Kier alpha value is -2.79. The molecule has 0 bridgehead atoms. The first-order valence-corrected chi connectivity index (χ1v) is 8.94. The molecule has 0 atom stereocenters. The second kappa shape index (κ2) is 8.27. The van der Waals surface area contributed by atoms with Crippen LogP contribution in [0.5, 0.6) is 0 Å². The van der Waals surface area contributed by atoms with Crippen LogP contribution in [0, 0.1) is 13.8 Å². The number of halogens is 1. The van der Waals surface area contributed by atoms with Crippen molar-refractivity contribution < 1.29 is 18.7 Å². The van der Waals surface area contributed by atoms with Gasteiger partial charge in [-0.15, -0.1) is 0 Å². The van der Waals surface area contributed by atoms with E-state index >= 15 is 0 Å². The fourth-order valence-electron chi connectivity index (χ4n) is 2.72. The van der Waals surface area contributed by atoms with Crippen molar-refractivity contribution in [3.05, 3.63) is 69.9 Å². The van der Waals surface area contributed by atoms with Crippen LogP contribution >= 0.6 is 11.6 Å². The van der Waals surface area contributed by atoms with Gasteiger partial charge >= 0.3 is 5.97 Å². The zero-order valence-electron chi connectivity index (χ0n) is 15.2. The second-order valence-corrected chi connectivity index (χ2v) is 6.87. The van der Waals surface area contributed by atoms with Gasteiger partial charge in [0.05, 0.1) is 12.7 Å². The molecule has 6 heteroatoms. The quantitative estimate of drug-likeness (QED) is 0.648. The summed E-state index contributed by atoms with van der Waals surface area (Å²) < 4.78 is 10.6. The third kappa shape index (κ3) is 4.89. The van der Waals surface area contributed by atoms with Crippen LogP contribution in [0.3, 0.4) is 0 Å². The highest BCUT2D eigenvalue weighted by molar-refractivity contribution is 6.30. The lowest BCUT2D eigenvalue weighted by molar-refractivity contribution is -0.147. The van der Waals surface area contributed by atoms with Gasteiger partial charge in [0.25, 0.3) is 5.91 Å². The van der Waals surface area contributed by atoms with E-state index in [4.69, 9.17) is 20.8 Å². The molecule has 0 spiro atoms. The maximum Gasteiger partial charge on any atom is 0.310 e. The number of esters is 1. The maximum absolute atomic E-state index is 12.1. The number of ether oxygens (including phenoxy) is 1. The van der Waals surface area contributed by atoms with E-state index in [-0.39, 0.29) is 18.9 Å². The second-order valence-electron chi connectivity index (χ2n) is 6.44. The van der Waals surface area contributed by atoms with E-state index in [1.807, 2.05) is 38.1 Å². The van der Waals surface area contributed by atoms with Crippen molar-refractivity contribution in [1.29, 1.82) is 0 Å². The van der Waals surface area contributed by atoms with E-state index in [1.54, 1.807) is 18.4 Å². The third-order valence-electron chi connectivity index (χ3n) is 4.35. The molecule has 140 valence electrons. The molecule has 1 amide bonds. The Morgan fingerprint density at radius 3 is 2.70 bits per heavy atom. The van der Waals surface area contributed by atoms with Crippen molar-refractivity contribution >= 4 is 34.4 Å². The molecule has 2 aromatic carbocycles. The van der Waals surface area contributed by atoms with Gasteiger partial charge in [0.15, 0.2) is 6.61 Å². The summed E-state index contributed by atoms with van der Waals surface area (Å²) in [7, 11) is 0. The average Bonchev–Trinajstić information content (AvgIpc) is 3.00. The van der Waals surface area contributed by atoms with Gasteiger partial charge in [0.2, 0.25) is 0 Å². The Kier molecular flexibility index (Phi) is 5.81. The fourth-order valence-corrected chi connectivity index (χ4v) is 2.94. The largest absolute Gasteiger partial charge is 0.464 e. The number of hydrogen-bond acceptors (Lipinski definition) is 4. The van der Waals surface area contributed by atoms with Crippen molar-refractivity contribution in [2.45, 2.75) is 26.8 Å². The molecule has 5 nitrogen and oxygen atoms in total. The Bertz CT molecular complexity index is 993. The molecular weight excluding hydrogens is 366 g/mol. The van der Waals surface area contributed by atoms with Gasteiger partial charge in [-0.2, -0.15) is 0 Å². The predicted octanol–water partition coefficient (Wildman–Crippen LogP) is 4.11. The summed E-state index contributed by atoms with van der Waals surface area (Å²) >= 11 is 5.90. The van der Waals surface area contributed by atoms with Crippen LogP contribution in [0.15, 0.2) is 47.1 Å². The highest BCUT2D eigenvalue weighted by atomic mass is 35.5. The van der Waals surface area contributed by atoms with Crippen molar-refractivity contribution in [2.24, 2.45) is 0 Å². The first kappa shape index (κ1) is 19.0. The minimum absolute atomic E-state index is 0.0527. The summed E-state index contributed by atoms with van der Waals surface area (Å²) in [4.78, 5) is 23.9. The first-order valence-electron chi connectivity index (χ1n) is 8.56. The van der Waals surface area contributed by atoms with Gasteiger partial charge in [-0.1, -0.05) is 23.7 Å². The van der Waals surface area contributed by atoms with Gasteiger partial charge in [-0.25, -0.2) is 0 Å². The van der Waals surface area contributed by atoms with Gasteiger partial charge < -0.3 is 14.5 Å². The van der Waals surface area contributed by atoms with E-state index in [1.165, 1.54) is 0 Å². The summed E-state index contributed by atoms with van der Waals surface area (Å²) in [6, 6.07) is 11.1. The molecule has 0 aliphatic rings. The summed E-state index contributed by atoms with van der Waals surface area (Å²) in [6.45, 7) is 4.01. The molecule has 0 saturated heterocycles. The average molecular weight is 386 g/mol. The highest BCUT2D eigenvalue weighted by Crippen LogP contribution is 2.25. The number of fused-ring (bicyclic) bond motifs is 1. The van der Waals surface area contributed by atoms with Gasteiger partial charge in [-0.05, 0) is 54.8 Å². The summed E-state index contributed by atoms with van der Waals surface area (Å²) in [5.74, 6) is -0.847. The smallest absolute Gasteiger partial charge is 0.310 e. The number of rotatable bonds is 6. The van der Waals surface area contributed by atoms with Crippen LogP contribution in [0.4, 0.5) is 0 Å². The SMILES string of the molecule is Cc1cc2occ(CC(=O)OCC(=O)NCc3cccc(Cl)c3)c2cc1C. The molecule has 0 fully saturated rings. The number of furan rings is 1. The van der Waals surface area contributed by atoms with Crippen LogP contribution in [0.2, 0.25) is 5.02 Å². The van der Waals surface area contributed by atoms with Crippen molar-refractivity contribution in [1.82, 2.24) is 5.32 Å². The Labute approximate surface area is 162 Å². The number of nitrogens with one attached hydrogen (secondary N) is 1. The summed E-state index contributed by atoms with van der Waals surface area (Å²) in [6.07, 6.45) is 1.61. The van der Waals surface area contributed by atoms with E-state index in [0.717, 1.165) is 33.2 Å². The van der Waals surface area contributed by atoms with Crippen LogP contribution < -0.4 is 5.32 Å². The predicted molar refractivity (Wildman–Crippen MR) is 104 cm³/mol. The Balaban J connectivity index is 1.51. The van der Waals surface area contributed by atoms with Crippen LogP contribution in [-0.4, -0.2) is 18.5 Å². The zero-order chi connectivity index (χ0) is 19.4. The molecule has 0 radical (unpaired) electrons. The number of carbonyl (C=O) groups excluding carboxylic acids is 2. The van der Waals surface area contributed by atoms with Crippen LogP contribution in [-0.2, 0) is 27.3 Å². The molecule has 3 aromatic rings. The normalized spacial score (nSPS) is 10.8. The molecular formula is C21H20ClNO4. The number of amides is 1. The van der Waals surface area contributed by atoms with E-state index in [0.29, 0.717) is 11.6 Å². The van der Waals surface area contributed by atoms with Gasteiger partial charge in [0.1, 0.15) is 5.58 Å². The molecule has 0 saturated carbocycles. The van der Waals surface area contributed by atoms with E-state index in [9.17, 15) is 9.59 Å². The van der Waals surface area contributed by atoms with Crippen molar-refractivity contribution in [2.75, 3.05) is 6.61 Å². The number of hydrogen-bond donors (Lipinski definition) is 1. The Morgan fingerprint density at radius 2 is 1.93 bits per heavy atom. The molecule has 27 heavy (non-hydrogen) atoms. The highest BCUT2D eigenvalue weighted by Gasteiger charge is 2.14. The number of aryl methyl sites for hydroxylation is 2. The number of carbonyl (C=O) groups is 2. The molecule has 0 aliphatic heterocycles. The zero-order valence-corrected chi connectivity index (χ0v) is 15.9. The van der Waals surface area contributed by atoms with Gasteiger partial charge in [0, 0.05) is 22.5 Å². The molecule has 0 unspecified atom stereocenters. The lowest BCUT2D eigenvalue weighted by Gasteiger charge is -2.07. The molecule has 1 heterocycles. The monoisotopic (exact) mass is 385 g/mol. The first-order chi connectivity index (χ1) is 12.9. The topological polar surface area (TPSA) is 68.5 Å². The minimum atomic E-state index is -0.478. The third-order valence-corrected chi connectivity index (χ3v) is 4.58. The number of benzene rings is 2. The lowest BCUT2D eigenvalue weighted by Crippen LogP contribution is -2.28. The molecule has 1 aromatic heterocycles. The molecule has 0 aliphatic carbocycles. The summed E-state index contributed by atoms with van der Waals surface area (Å²) in [5.41, 5.74) is 4.61. The fraction of sp³-hybridized carbons (Fsp3) is 0.238. The van der Waals surface area contributed by atoms with Crippen molar-refractivity contribution in [3.8, 4) is 0 Å². The van der Waals surface area contributed by atoms with Crippen molar-refractivity contribution in [3.63, 3.8) is 0 Å². The lowest BCUT2D eigenvalue weighted by atomic mass is 10.0. The summed E-state index contributed by atoms with van der Waals surface area (Å²) in [5, 5.41) is 4.18. The van der Waals surface area contributed by atoms with Crippen LogP contribution in [0.25, 0.3) is 11.0 Å². The molecule has 3 rings (SSSR count).